The van der Waals surface area contributed by atoms with Crippen molar-refractivity contribution in [1.82, 2.24) is 24.5 Å². The monoisotopic (exact) mass is 378 g/mol. The third-order valence-corrected chi connectivity index (χ3v) is 5.43. The summed E-state index contributed by atoms with van der Waals surface area (Å²) in [5, 5.41) is 1.04. The van der Waals surface area contributed by atoms with Crippen molar-refractivity contribution in [3.8, 4) is 0 Å². The van der Waals surface area contributed by atoms with E-state index in [1.165, 1.54) is 0 Å². The van der Waals surface area contributed by atoms with Crippen LogP contribution in [0.25, 0.3) is 10.9 Å². The zero-order valence-corrected chi connectivity index (χ0v) is 16.7. The normalized spacial score (nSPS) is 15.9. The number of piperidine rings is 1. The van der Waals surface area contributed by atoms with Gasteiger partial charge in [0.1, 0.15) is 12.1 Å². The van der Waals surface area contributed by atoms with Crippen LogP contribution in [0.3, 0.4) is 0 Å². The molecule has 7 nitrogen and oxygen atoms in total. The molecule has 7 heteroatoms. The summed E-state index contributed by atoms with van der Waals surface area (Å²) < 4.78 is 1.75. The van der Waals surface area contributed by atoms with Crippen LogP contribution >= 0.6 is 0 Å². The van der Waals surface area contributed by atoms with Crippen LogP contribution in [0, 0.1) is 5.92 Å². The quantitative estimate of drug-likeness (QED) is 0.697. The number of pyridine rings is 1. The molecule has 0 atom stereocenters. The molecular weight excluding hydrogens is 352 g/mol. The molecule has 0 aliphatic carbocycles. The van der Waals surface area contributed by atoms with Crippen LogP contribution in [0.5, 0.6) is 0 Å². The molecule has 1 fully saturated rings. The van der Waals surface area contributed by atoms with Crippen molar-refractivity contribution in [1.29, 1.82) is 0 Å². The van der Waals surface area contributed by atoms with E-state index in [2.05, 4.69) is 45.6 Å². The first-order valence-electron chi connectivity index (χ1n) is 9.78. The molecule has 3 aromatic rings. The first-order chi connectivity index (χ1) is 13.4. The van der Waals surface area contributed by atoms with Crippen LogP contribution < -0.4 is 10.5 Å². The Labute approximate surface area is 164 Å². The van der Waals surface area contributed by atoms with Crippen molar-refractivity contribution in [2.75, 3.05) is 18.0 Å². The van der Waals surface area contributed by atoms with E-state index in [4.69, 9.17) is 0 Å². The predicted octanol–water partition coefficient (Wildman–Crippen LogP) is 2.80. The largest absolute Gasteiger partial charge is 0.356 e. The van der Waals surface area contributed by atoms with Gasteiger partial charge in [-0.25, -0.2) is 15.0 Å². The van der Waals surface area contributed by atoms with E-state index in [1.807, 2.05) is 6.07 Å². The maximum Gasteiger partial charge on any atom is 0.253 e. The van der Waals surface area contributed by atoms with Crippen molar-refractivity contribution in [3.63, 3.8) is 0 Å². The molecule has 0 amide bonds. The molecule has 1 saturated heterocycles. The Morgan fingerprint density at radius 3 is 2.64 bits per heavy atom. The van der Waals surface area contributed by atoms with Crippen LogP contribution in [0.4, 0.5) is 5.82 Å². The molecule has 0 spiro atoms. The van der Waals surface area contributed by atoms with E-state index in [-0.39, 0.29) is 11.0 Å². The van der Waals surface area contributed by atoms with Gasteiger partial charge in [0.05, 0.1) is 23.7 Å². The van der Waals surface area contributed by atoms with Crippen molar-refractivity contribution in [2.24, 2.45) is 5.92 Å². The number of hydrogen-bond donors (Lipinski definition) is 0. The summed E-state index contributed by atoms with van der Waals surface area (Å²) in [6.07, 6.45) is 8.90. The molecular formula is C21H26N6O. The number of hydrogen-bond acceptors (Lipinski definition) is 6. The lowest BCUT2D eigenvalue weighted by Crippen LogP contribution is -2.37. The maximum absolute atomic E-state index is 12.5. The lowest BCUT2D eigenvalue weighted by atomic mass is 9.92. The second kappa shape index (κ2) is 7.30. The minimum absolute atomic E-state index is 0.0386. The second-order valence-corrected chi connectivity index (χ2v) is 8.54. The van der Waals surface area contributed by atoms with Crippen LogP contribution in [0.15, 0.2) is 42.0 Å². The first kappa shape index (κ1) is 18.5. The summed E-state index contributed by atoms with van der Waals surface area (Å²) in [5.74, 6) is 1.44. The number of anilines is 1. The molecule has 0 N–H and O–H groups in total. The standard InChI is InChI=1S/C21H26N6O/c1-21(2,3)18-10-19(28)27(14-25-18)12-15-5-8-26(9-6-15)20-16-4-7-22-11-17(16)23-13-24-20/h4,7,10-11,13-15H,5-6,8-9,12H2,1-3H3. The van der Waals surface area contributed by atoms with E-state index < -0.39 is 0 Å². The van der Waals surface area contributed by atoms with Gasteiger partial charge in [0.15, 0.2) is 0 Å². The fourth-order valence-electron chi connectivity index (χ4n) is 3.72. The van der Waals surface area contributed by atoms with Crippen LogP contribution in [-0.2, 0) is 12.0 Å². The number of aromatic nitrogens is 5. The summed E-state index contributed by atoms with van der Waals surface area (Å²) >= 11 is 0. The average Bonchev–Trinajstić information content (AvgIpc) is 2.69. The third-order valence-electron chi connectivity index (χ3n) is 5.43. The Kier molecular flexibility index (Phi) is 4.83. The van der Waals surface area contributed by atoms with Gasteiger partial charge >= 0.3 is 0 Å². The molecule has 0 bridgehead atoms. The Balaban J connectivity index is 1.44. The fraction of sp³-hybridized carbons (Fsp3) is 0.476. The Morgan fingerprint density at radius 2 is 1.93 bits per heavy atom. The van der Waals surface area contributed by atoms with Crippen LogP contribution in [-0.4, -0.2) is 37.6 Å². The zero-order chi connectivity index (χ0) is 19.7. The molecule has 4 rings (SSSR count). The highest BCUT2D eigenvalue weighted by Crippen LogP contribution is 2.27. The predicted molar refractivity (Wildman–Crippen MR) is 109 cm³/mol. The SMILES string of the molecule is CC(C)(C)c1cc(=O)n(CC2CCN(c3ncnc4cnccc34)CC2)cn1. The van der Waals surface area contributed by atoms with Crippen molar-refractivity contribution >= 4 is 16.7 Å². The molecule has 28 heavy (non-hydrogen) atoms. The van der Waals surface area contributed by atoms with E-state index in [1.54, 1.807) is 35.7 Å². The smallest absolute Gasteiger partial charge is 0.253 e. The highest BCUT2D eigenvalue weighted by Gasteiger charge is 2.23. The Morgan fingerprint density at radius 1 is 1.14 bits per heavy atom. The third kappa shape index (κ3) is 3.74. The highest BCUT2D eigenvalue weighted by atomic mass is 16.1. The minimum atomic E-state index is -0.112. The highest BCUT2D eigenvalue weighted by molar-refractivity contribution is 5.88. The second-order valence-electron chi connectivity index (χ2n) is 8.54. The van der Waals surface area contributed by atoms with Gasteiger partial charge < -0.3 is 4.90 Å². The van der Waals surface area contributed by atoms with E-state index in [0.717, 1.165) is 54.9 Å². The number of nitrogens with zero attached hydrogens (tertiary/aromatic N) is 6. The lowest BCUT2D eigenvalue weighted by molar-refractivity contribution is 0.349. The molecule has 0 saturated carbocycles. The molecule has 1 aliphatic heterocycles. The Hall–Kier alpha value is -2.83. The topological polar surface area (TPSA) is 76.8 Å². The van der Waals surface area contributed by atoms with Gasteiger partial charge in [-0.1, -0.05) is 20.8 Å². The van der Waals surface area contributed by atoms with E-state index in [0.29, 0.717) is 5.92 Å². The van der Waals surface area contributed by atoms with Gasteiger partial charge in [0, 0.05) is 42.7 Å². The van der Waals surface area contributed by atoms with Crippen LogP contribution in [0.1, 0.15) is 39.3 Å². The molecule has 146 valence electrons. The molecule has 3 aromatic heterocycles. The molecule has 0 radical (unpaired) electrons. The first-order valence-corrected chi connectivity index (χ1v) is 9.78. The fourth-order valence-corrected chi connectivity index (χ4v) is 3.72. The summed E-state index contributed by atoms with van der Waals surface area (Å²) in [4.78, 5) is 32.2. The van der Waals surface area contributed by atoms with E-state index in [9.17, 15) is 4.79 Å². The lowest BCUT2D eigenvalue weighted by Gasteiger charge is -2.33. The Bertz CT molecular complexity index is 1030. The van der Waals surface area contributed by atoms with Gasteiger partial charge in [0.25, 0.3) is 5.56 Å². The van der Waals surface area contributed by atoms with E-state index >= 15 is 0 Å². The van der Waals surface area contributed by atoms with Gasteiger partial charge in [-0.3, -0.25) is 14.3 Å². The summed E-state index contributed by atoms with van der Waals surface area (Å²) in [7, 11) is 0. The van der Waals surface area contributed by atoms with Crippen molar-refractivity contribution in [3.05, 3.63) is 53.2 Å². The summed E-state index contributed by atoms with van der Waals surface area (Å²) in [5.41, 5.74) is 1.64. The average molecular weight is 378 g/mol. The van der Waals surface area contributed by atoms with Gasteiger partial charge in [-0.2, -0.15) is 0 Å². The minimum Gasteiger partial charge on any atom is -0.356 e. The van der Waals surface area contributed by atoms with Gasteiger partial charge in [-0.05, 0) is 24.8 Å². The van der Waals surface area contributed by atoms with Crippen molar-refractivity contribution in [2.45, 2.75) is 45.6 Å². The number of fused-ring (bicyclic) bond motifs is 1. The number of rotatable bonds is 3. The summed E-state index contributed by atoms with van der Waals surface area (Å²) in [6, 6.07) is 3.65. The zero-order valence-electron chi connectivity index (χ0n) is 16.7. The molecule has 4 heterocycles. The molecule has 1 aliphatic rings. The van der Waals surface area contributed by atoms with Crippen molar-refractivity contribution < 1.29 is 0 Å². The summed E-state index contributed by atoms with van der Waals surface area (Å²) in [6.45, 7) is 8.77. The van der Waals surface area contributed by atoms with Crippen LogP contribution in [0.2, 0.25) is 0 Å². The van der Waals surface area contributed by atoms with Gasteiger partial charge in [-0.15, -0.1) is 0 Å². The maximum atomic E-state index is 12.5. The molecule has 0 aromatic carbocycles. The van der Waals surface area contributed by atoms with Gasteiger partial charge in [0.2, 0.25) is 0 Å². The molecule has 0 unspecified atom stereocenters.